The van der Waals surface area contributed by atoms with Gasteiger partial charge in [-0.15, -0.1) is 10.2 Å². The lowest BCUT2D eigenvalue weighted by Gasteiger charge is -2.30. The van der Waals surface area contributed by atoms with Gasteiger partial charge in [0, 0.05) is 29.6 Å². The zero-order valence-corrected chi connectivity index (χ0v) is 13.5. The van der Waals surface area contributed by atoms with Gasteiger partial charge < -0.3 is 14.6 Å². The summed E-state index contributed by atoms with van der Waals surface area (Å²) < 4.78 is 5.10. The first-order chi connectivity index (χ1) is 11.3. The number of nitrogens with one attached hydrogen (secondary N) is 1. The largest absolute Gasteiger partial charge is 0.419 e. The Morgan fingerprint density at radius 1 is 1.30 bits per heavy atom. The third-order valence-electron chi connectivity index (χ3n) is 4.46. The Labute approximate surface area is 138 Å². The highest BCUT2D eigenvalue weighted by atomic mass is 32.2. The molecule has 7 heteroatoms. The average Bonchev–Trinajstić information content (AvgIpc) is 3.18. The van der Waals surface area contributed by atoms with Crippen molar-refractivity contribution in [2.45, 2.75) is 29.0 Å². The summed E-state index contributed by atoms with van der Waals surface area (Å²) in [6.45, 7) is 3.36. The fourth-order valence-electron chi connectivity index (χ4n) is 3.42. The van der Waals surface area contributed by atoms with E-state index in [2.05, 4.69) is 20.4 Å². The van der Waals surface area contributed by atoms with Crippen LogP contribution in [-0.2, 0) is 0 Å². The van der Waals surface area contributed by atoms with E-state index in [1.54, 1.807) is 0 Å². The third-order valence-corrected chi connectivity index (χ3v) is 5.32. The summed E-state index contributed by atoms with van der Waals surface area (Å²) in [5.41, 5.74) is 0.688. The van der Waals surface area contributed by atoms with Crippen LogP contribution in [0.2, 0.25) is 0 Å². The molecule has 4 rings (SSSR count). The van der Waals surface area contributed by atoms with Gasteiger partial charge in [0.25, 0.3) is 11.1 Å². The molecule has 2 aromatic rings. The monoisotopic (exact) mass is 330 g/mol. The summed E-state index contributed by atoms with van der Waals surface area (Å²) in [6.07, 6.45) is 3.68. The van der Waals surface area contributed by atoms with Gasteiger partial charge in [-0.05, 0) is 61.3 Å². The molecule has 3 atom stereocenters. The minimum absolute atomic E-state index is 0.00633. The number of hydrogen-bond acceptors (Lipinski definition) is 6. The number of benzene rings is 1. The first-order valence-corrected chi connectivity index (χ1v) is 8.65. The second-order valence-corrected chi connectivity index (χ2v) is 7.18. The number of carbonyl (C=O) groups is 1. The molecule has 2 aliphatic rings. The molecular weight excluding hydrogens is 312 g/mol. The van der Waals surface area contributed by atoms with Gasteiger partial charge in [-0.3, -0.25) is 4.79 Å². The molecule has 0 radical (unpaired) electrons. The number of nitrogens with zero attached hydrogens (tertiary/aromatic N) is 3. The summed E-state index contributed by atoms with van der Waals surface area (Å²) in [6, 6.07) is 7.75. The van der Waals surface area contributed by atoms with Crippen LogP contribution >= 0.6 is 11.8 Å². The topological polar surface area (TPSA) is 71.3 Å². The van der Waals surface area contributed by atoms with Crippen LogP contribution in [0.4, 0.5) is 0 Å². The number of carbonyl (C=O) groups excluding carboxylic acids is 1. The van der Waals surface area contributed by atoms with Crippen molar-refractivity contribution >= 4 is 17.7 Å². The van der Waals surface area contributed by atoms with Crippen molar-refractivity contribution in [3.8, 4) is 0 Å². The van der Waals surface area contributed by atoms with Gasteiger partial charge in [-0.25, -0.2) is 0 Å². The van der Waals surface area contributed by atoms with Crippen LogP contribution in [0.1, 0.15) is 23.2 Å². The number of rotatable bonds is 4. The van der Waals surface area contributed by atoms with Crippen molar-refractivity contribution in [1.29, 1.82) is 0 Å². The molecule has 3 unspecified atom stereocenters. The fourth-order valence-corrected chi connectivity index (χ4v) is 4.07. The molecule has 6 nitrogen and oxygen atoms in total. The summed E-state index contributed by atoms with van der Waals surface area (Å²) in [5, 5.41) is 11.1. The maximum absolute atomic E-state index is 12.4. The minimum atomic E-state index is 0.00633. The smallest absolute Gasteiger partial charge is 0.281 e. The molecule has 2 bridgehead atoms. The number of fused-ring (bicyclic) bond motifs is 2. The number of amides is 1. The summed E-state index contributed by atoms with van der Waals surface area (Å²) in [4.78, 5) is 15.8. The van der Waals surface area contributed by atoms with Crippen molar-refractivity contribution < 1.29 is 9.21 Å². The highest BCUT2D eigenvalue weighted by Gasteiger charge is 2.32. The molecule has 1 aromatic heterocycles. The molecule has 1 aromatic carbocycles. The standard InChI is InChI=1S/C16H18N4O2S/c21-15(18-13-7-11-5-6-20(8-11)9-13)12-1-3-14(4-2-12)23-16-19-17-10-22-16/h1-4,10-11,13H,5-9H2,(H,18,21). The van der Waals surface area contributed by atoms with Crippen molar-refractivity contribution in [1.82, 2.24) is 20.4 Å². The van der Waals surface area contributed by atoms with Crippen LogP contribution in [0.5, 0.6) is 0 Å². The van der Waals surface area contributed by atoms with Crippen molar-refractivity contribution in [2.75, 3.05) is 19.6 Å². The molecule has 2 aliphatic heterocycles. The molecular formula is C16H18N4O2S. The molecule has 1 amide bonds. The molecule has 0 saturated carbocycles. The molecule has 2 fully saturated rings. The Balaban J connectivity index is 1.36. The van der Waals surface area contributed by atoms with Gasteiger partial charge >= 0.3 is 0 Å². The van der Waals surface area contributed by atoms with Crippen LogP contribution in [0.3, 0.4) is 0 Å². The zero-order chi connectivity index (χ0) is 15.6. The van der Waals surface area contributed by atoms with Gasteiger partial charge in [-0.1, -0.05) is 0 Å². The van der Waals surface area contributed by atoms with E-state index in [1.165, 1.54) is 37.7 Å². The van der Waals surface area contributed by atoms with E-state index in [9.17, 15) is 4.79 Å². The molecule has 0 spiro atoms. The van der Waals surface area contributed by atoms with Crippen LogP contribution in [-0.4, -0.2) is 46.7 Å². The maximum Gasteiger partial charge on any atom is 0.281 e. The molecule has 0 aliphatic carbocycles. The lowest BCUT2D eigenvalue weighted by Crippen LogP contribution is -2.47. The van der Waals surface area contributed by atoms with E-state index < -0.39 is 0 Å². The predicted octanol–water partition coefficient (Wildman–Crippen LogP) is 2.04. The van der Waals surface area contributed by atoms with E-state index in [0.29, 0.717) is 10.8 Å². The number of aromatic nitrogens is 2. The van der Waals surface area contributed by atoms with Gasteiger partial charge in [0.2, 0.25) is 6.39 Å². The highest BCUT2D eigenvalue weighted by molar-refractivity contribution is 7.99. The quantitative estimate of drug-likeness (QED) is 0.925. The highest BCUT2D eigenvalue weighted by Crippen LogP contribution is 2.27. The second kappa shape index (κ2) is 6.33. The lowest BCUT2D eigenvalue weighted by atomic mass is 9.96. The molecule has 1 N–H and O–H groups in total. The number of piperidine rings is 1. The Morgan fingerprint density at radius 2 is 2.17 bits per heavy atom. The van der Waals surface area contributed by atoms with E-state index >= 15 is 0 Å². The van der Waals surface area contributed by atoms with Gasteiger partial charge in [0.15, 0.2) is 0 Å². The first kappa shape index (κ1) is 14.7. The lowest BCUT2D eigenvalue weighted by molar-refractivity contribution is 0.0909. The van der Waals surface area contributed by atoms with Crippen LogP contribution in [0, 0.1) is 5.92 Å². The summed E-state index contributed by atoms with van der Waals surface area (Å²) in [7, 11) is 0. The Kier molecular flexibility index (Phi) is 4.05. The Morgan fingerprint density at radius 3 is 2.91 bits per heavy atom. The van der Waals surface area contributed by atoms with E-state index in [1.807, 2.05) is 24.3 Å². The van der Waals surface area contributed by atoms with E-state index in [-0.39, 0.29) is 11.9 Å². The minimum Gasteiger partial charge on any atom is -0.419 e. The Hall–Kier alpha value is -1.86. The van der Waals surface area contributed by atoms with Crippen molar-refractivity contribution in [2.24, 2.45) is 5.92 Å². The SMILES string of the molecule is O=C(NC1CC2CCN(C2)C1)c1ccc(Sc2nnco2)cc1. The van der Waals surface area contributed by atoms with Crippen LogP contribution < -0.4 is 5.32 Å². The Bertz CT molecular complexity index is 662. The molecule has 2 saturated heterocycles. The predicted molar refractivity (Wildman–Crippen MR) is 85.3 cm³/mol. The summed E-state index contributed by atoms with van der Waals surface area (Å²) >= 11 is 1.38. The average molecular weight is 330 g/mol. The van der Waals surface area contributed by atoms with Gasteiger partial charge in [0.1, 0.15) is 0 Å². The van der Waals surface area contributed by atoms with Crippen LogP contribution in [0.15, 0.2) is 45.2 Å². The zero-order valence-electron chi connectivity index (χ0n) is 12.6. The molecule has 3 heterocycles. The normalized spacial score (nSPS) is 26.2. The van der Waals surface area contributed by atoms with Crippen molar-refractivity contribution in [3.05, 3.63) is 36.2 Å². The number of hydrogen-bond donors (Lipinski definition) is 1. The third kappa shape index (κ3) is 3.40. The summed E-state index contributed by atoms with van der Waals surface area (Å²) in [5.74, 6) is 0.758. The van der Waals surface area contributed by atoms with Gasteiger partial charge in [-0.2, -0.15) is 0 Å². The fraction of sp³-hybridized carbons (Fsp3) is 0.438. The van der Waals surface area contributed by atoms with Gasteiger partial charge in [0.05, 0.1) is 0 Å². The van der Waals surface area contributed by atoms with E-state index in [4.69, 9.17) is 4.42 Å². The second-order valence-electron chi connectivity index (χ2n) is 6.15. The van der Waals surface area contributed by atoms with E-state index in [0.717, 1.165) is 23.8 Å². The molecule has 120 valence electrons. The maximum atomic E-state index is 12.4. The van der Waals surface area contributed by atoms with Crippen molar-refractivity contribution in [3.63, 3.8) is 0 Å². The first-order valence-electron chi connectivity index (χ1n) is 7.83. The molecule has 23 heavy (non-hydrogen) atoms. The van der Waals surface area contributed by atoms with Crippen LogP contribution in [0.25, 0.3) is 0 Å².